The Morgan fingerprint density at radius 2 is 1.48 bits per heavy atom. The SMILES string of the molecule is CC(C)(C(=O)/C=C/c1ccc(O)c(O)c1)C(=O)CCc1ccc(O)c(O)c1. The summed E-state index contributed by atoms with van der Waals surface area (Å²) in [5, 5.41) is 37.6. The van der Waals surface area contributed by atoms with Crippen LogP contribution in [0.25, 0.3) is 6.08 Å². The first-order valence-corrected chi connectivity index (χ1v) is 8.40. The van der Waals surface area contributed by atoms with Gasteiger partial charge in [0.25, 0.3) is 0 Å². The van der Waals surface area contributed by atoms with Gasteiger partial charge in [0.2, 0.25) is 0 Å². The van der Waals surface area contributed by atoms with Crippen LogP contribution in [0, 0.1) is 5.41 Å². The molecule has 4 N–H and O–H groups in total. The first-order valence-electron chi connectivity index (χ1n) is 8.40. The molecule has 0 fully saturated rings. The zero-order valence-corrected chi connectivity index (χ0v) is 15.1. The lowest BCUT2D eigenvalue weighted by Gasteiger charge is -2.19. The van der Waals surface area contributed by atoms with E-state index in [1.165, 1.54) is 42.5 Å². The van der Waals surface area contributed by atoms with Crippen molar-refractivity contribution in [1.82, 2.24) is 0 Å². The first-order chi connectivity index (χ1) is 12.6. The van der Waals surface area contributed by atoms with E-state index >= 15 is 0 Å². The zero-order valence-electron chi connectivity index (χ0n) is 15.1. The molecule has 0 radical (unpaired) electrons. The van der Waals surface area contributed by atoms with Crippen LogP contribution in [-0.4, -0.2) is 32.0 Å². The molecular weight excluding hydrogens is 348 g/mol. The standard InChI is InChI=1S/C21H22O6/c1-21(2,19(26)9-5-13-3-7-15(22)17(24)11-13)20(27)10-6-14-4-8-16(23)18(25)12-14/h3-5,7-9,11-12,22-25H,6,10H2,1-2H3/b9-5+. The maximum atomic E-state index is 12.5. The summed E-state index contributed by atoms with van der Waals surface area (Å²) in [6.07, 6.45) is 3.18. The van der Waals surface area contributed by atoms with E-state index in [1.807, 2.05) is 0 Å². The first kappa shape index (κ1) is 20.0. The second kappa shape index (κ2) is 7.95. The van der Waals surface area contributed by atoms with E-state index in [0.717, 1.165) is 0 Å². The third-order valence-electron chi connectivity index (χ3n) is 4.42. The number of carbonyl (C=O) groups is 2. The van der Waals surface area contributed by atoms with Gasteiger partial charge in [-0.3, -0.25) is 9.59 Å². The number of aromatic hydroxyl groups is 4. The van der Waals surface area contributed by atoms with Crippen molar-refractivity contribution in [1.29, 1.82) is 0 Å². The van der Waals surface area contributed by atoms with Crippen molar-refractivity contribution < 1.29 is 30.0 Å². The Bertz CT molecular complexity index is 896. The molecule has 0 heterocycles. The van der Waals surface area contributed by atoms with E-state index in [9.17, 15) is 30.0 Å². The molecule has 2 aromatic carbocycles. The largest absolute Gasteiger partial charge is 0.504 e. The third-order valence-corrected chi connectivity index (χ3v) is 4.42. The molecule has 2 rings (SSSR count). The fourth-order valence-corrected chi connectivity index (χ4v) is 2.46. The van der Waals surface area contributed by atoms with Gasteiger partial charge in [0.05, 0.1) is 5.41 Å². The van der Waals surface area contributed by atoms with Crippen LogP contribution in [0.15, 0.2) is 42.5 Å². The topological polar surface area (TPSA) is 115 Å². The smallest absolute Gasteiger partial charge is 0.168 e. The summed E-state index contributed by atoms with van der Waals surface area (Å²) in [5.41, 5.74) is -0.0347. The van der Waals surface area contributed by atoms with Crippen LogP contribution < -0.4 is 0 Å². The average Bonchev–Trinajstić information content (AvgIpc) is 2.62. The van der Waals surface area contributed by atoms with Crippen LogP contribution in [0.1, 0.15) is 31.4 Å². The van der Waals surface area contributed by atoms with Gasteiger partial charge in [0.1, 0.15) is 5.78 Å². The summed E-state index contributed by atoms with van der Waals surface area (Å²) >= 11 is 0. The molecular formula is C21H22O6. The van der Waals surface area contributed by atoms with E-state index < -0.39 is 5.41 Å². The van der Waals surface area contributed by atoms with Gasteiger partial charge < -0.3 is 20.4 Å². The molecule has 27 heavy (non-hydrogen) atoms. The van der Waals surface area contributed by atoms with Crippen LogP contribution in [0.4, 0.5) is 0 Å². The van der Waals surface area contributed by atoms with Gasteiger partial charge in [-0.05, 0) is 61.7 Å². The lowest BCUT2D eigenvalue weighted by molar-refractivity contribution is -0.135. The number of phenols is 4. The van der Waals surface area contributed by atoms with Crippen LogP contribution >= 0.6 is 0 Å². The number of Topliss-reactive ketones (excluding diaryl/α,β-unsaturated/α-hetero) is 1. The monoisotopic (exact) mass is 370 g/mol. The number of benzene rings is 2. The maximum absolute atomic E-state index is 12.5. The Kier molecular flexibility index (Phi) is 5.90. The lowest BCUT2D eigenvalue weighted by Crippen LogP contribution is -2.32. The Balaban J connectivity index is 2.02. The molecule has 6 heteroatoms. The molecule has 0 spiro atoms. The van der Waals surface area contributed by atoms with Crippen molar-refractivity contribution in [2.45, 2.75) is 26.7 Å². The predicted octanol–water partition coefficient (Wildman–Crippen LogP) is 3.32. The quantitative estimate of drug-likeness (QED) is 0.338. The minimum Gasteiger partial charge on any atom is -0.504 e. The molecule has 0 amide bonds. The molecule has 0 bridgehead atoms. The maximum Gasteiger partial charge on any atom is 0.168 e. The van der Waals surface area contributed by atoms with E-state index in [2.05, 4.69) is 0 Å². The lowest BCUT2D eigenvalue weighted by atomic mass is 9.80. The van der Waals surface area contributed by atoms with Gasteiger partial charge in [0.15, 0.2) is 28.8 Å². The molecule has 0 unspecified atom stereocenters. The van der Waals surface area contributed by atoms with Crippen LogP contribution in [0.2, 0.25) is 0 Å². The second-order valence-electron chi connectivity index (χ2n) is 6.82. The van der Waals surface area contributed by atoms with Gasteiger partial charge >= 0.3 is 0 Å². The van der Waals surface area contributed by atoms with Gasteiger partial charge in [-0.1, -0.05) is 18.2 Å². The molecule has 0 saturated heterocycles. The van der Waals surface area contributed by atoms with Crippen molar-refractivity contribution in [2.75, 3.05) is 0 Å². The predicted molar refractivity (Wildman–Crippen MR) is 101 cm³/mol. The fourth-order valence-electron chi connectivity index (χ4n) is 2.46. The van der Waals surface area contributed by atoms with Gasteiger partial charge in [-0.15, -0.1) is 0 Å². The molecule has 0 aliphatic heterocycles. The molecule has 0 saturated carbocycles. The third kappa shape index (κ3) is 4.88. The number of hydrogen-bond donors (Lipinski definition) is 4. The number of carbonyl (C=O) groups excluding carboxylic acids is 2. The molecule has 0 aliphatic rings. The van der Waals surface area contributed by atoms with Crippen molar-refractivity contribution >= 4 is 17.6 Å². The summed E-state index contributed by atoms with van der Waals surface area (Å²) in [6, 6.07) is 8.49. The number of hydrogen-bond acceptors (Lipinski definition) is 6. The highest BCUT2D eigenvalue weighted by Gasteiger charge is 2.33. The minimum atomic E-state index is -1.23. The molecule has 2 aromatic rings. The Hall–Kier alpha value is -3.28. The van der Waals surface area contributed by atoms with Gasteiger partial charge in [0, 0.05) is 6.42 Å². The van der Waals surface area contributed by atoms with Crippen LogP contribution in [-0.2, 0) is 16.0 Å². The van der Waals surface area contributed by atoms with Crippen LogP contribution in [0.3, 0.4) is 0 Å². The Labute approximate surface area is 157 Å². The van der Waals surface area contributed by atoms with E-state index in [4.69, 9.17) is 0 Å². The number of aryl methyl sites for hydroxylation is 1. The minimum absolute atomic E-state index is 0.108. The molecule has 6 nitrogen and oxygen atoms in total. The average molecular weight is 370 g/mol. The zero-order chi connectivity index (χ0) is 20.2. The summed E-state index contributed by atoms with van der Waals surface area (Å²) in [7, 11) is 0. The summed E-state index contributed by atoms with van der Waals surface area (Å²) < 4.78 is 0. The Morgan fingerprint density at radius 1 is 0.889 bits per heavy atom. The highest BCUT2D eigenvalue weighted by Crippen LogP contribution is 2.28. The molecule has 0 aliphatic carbocycles. The normalized spacial score (nSPS) is 11.6. The van der Waals surface area contributed by atoms with Gasteiger partial charge in [-0.25, -0.2) is 0 Å². The van der Waals surface area contributed by atoms with E-state index in [0.29, 0.717) is 17.5 Å². The summed E-state index contributed by atoms with van der Waals surface area (Å²) in [5.74, 6) is -1.67. The molecule has 142 valence electrons. The number of ketones is 2. The van der Waals surface area contributed by atoms with Crippen molar-refractivity contribution in [3.05, 3.63) is 53.6 Å². The molecule has 0 atom stereocenters. The van der Waals surface area contributed by atoms with Crippen molar-refractivity contribution in [3.63, 3.8) is 0 Å². The summed E-state index contributed by atoms with van der Waals surface area (Å²) in [4.78, 5) is 25.0. The highest BCUT2D eigenvalue weighted by molar-refractivity contribution is 6.12. The second-order valence-corrected chi connectivity index (χ2v) is 6.82. The number of rotatable bonds is 7. The Morgan fingerprint density at radius 3 is 2.07 bits per heavy atom. The fraction of sp³-hybridized carbons (Fsp3) is 0.238. The number of allylic oxidation sites excluding steroid dienone is 1. The molecule has 0 aromatic heterocycles. The summed E-state index contributed by atoms with van der Waals surface area (Å²) in [6.45, 7) is 3.09. The van der Waals surface area contributed by atoms with Crippen LogP contribution in [0.5, 0.6) is 23.0 Å². The number of phenolic OH excluding ortho intramolecular Hbond substituents is 4. The van der Waals surface area contributed by atoms with E-state index in [1.54, 1.807) is 19.9 Å². The van der Waals surface area contributed by atoms with Gasteiger partial charge in [-0.2, -0.15) is 0 Å². The highest BCUT2D eigenvalue weighted by atomic mass is 16.3. The van der Waals surface area contributed by atoms with E-state index in [-0.39, 0.29) is 41.0 Å². The van der Waals surface area contributed by atoms with Crippen molar-refractivity contribution in [3.8, 4) is 23.0 Å². The van der Waals surface area contributed by atoms with Crippen molar-refractivity contribution in [2.24, 2.45) is 5.41 Å².